The summed E-state index contributed by atoms with van der Waals surface area (Å²) in [6.07, 6.45) is 10.0. The third kappa shape index (κ3) is 3.61. The van der Waals surface area contributed by atoms with Crippen molar-refractivity contribution in [2.24, 2.45) is 10.8 Å². The van der Waals surface area contributed by atoms with Gasteiger partial charge in [-0.05, 0) is 64.2 Å². The normalized spacial score (nSPS) is 40.1. The second kappa shape index (κ2) is 8.68. The molecule has 0 aliphatic heterocycles. The van der Waals surface area contributed by atoms with Gasteiger partial charge >= 0.3 is 0 Å². The zero-order valence-electron chi connectivity index (χ0n) is 16.7. The fourth-order valence-electron chi connectivity index (χ4n) is 5.47. The molecule has 4 heteroatoms. The van der Waals surface area contributed by atoms with Gasteiger partial charge in [0.2, 0.25) is 0 Å². The van der Waals surface area contributed by atoms with E-state index in [-0.39, 0.29) is 18.0 Å². The van der Waals surface area contributed by atoms with Crippen molar-refractivity contribution in [1.29, 1.82) is 0 Å². The van der Waals surface area contributed by atoms with Crippen LogP contribution in [0.5, 0.6) is 0 Å². The molecule has 0 bridgehead atoms. The van der Waals surface area contributed by atoms with E-state index in [0.717, 1.165) is 64.6 Å². The molecule has 0 atom stereocenters. The van der Waals surface area contributed by atoms with Crippen molar-refractivity contribution in [1.82, 2.24) is 0 Å². The van der Waals surface area contributed by atoms with E-state index in [0.29, 0.717) is 25.7 Å². The minimum Gasteiger partial charge on any atom is -0.378 e. The van der Waals surface area contributed by atoms with E-state index in [4.69, 9.17) is 9.47 Å². The molecule has 0 amide bonds. The smallest absolute Gasteiger partial charge is 0.151 e. The maximum Gasteiger partial charge on any atom is 0.151 e. The van der Waals surface area contributed by atoms with Gasteiger partial charge in [-0.2, -0.15) is 0 Å². The van der Waals surface area contributed by atoms with E-state index in [2.05, 4.69) is 13.8 Å². The van der Waals surface area contributed by atoms with E-state index in [1.807, 2.05) is 0 Å². The molecule has 0 unspecified atom stereocenters. The summed E-state index contributed by atoms with van der Waals surface area (Å²) in [5.41, 5.74) is -1.36. The number of halogens is 1. The van der Waals surface area contributed by atoms with Crippen molar-refractivity contribution in [2.45, 2.75) is 109 Å². The highest BCUT2D eigenvalue weighted by molar-refractivity contribution is 5.98. The predicted molar refractivity (Wildman–Crippen MR) is 101 cm³/mol. The van der Waals surface area contributed by atoms with Gasteiger partial charge in [0.05, 0.1) is 23.0 Å². The van der Waals surface area contributed by atoms with Crippen LogP contribution in [0, 0.1) is 10.8 Å². The molecule has 150 valence electrons. The van der Waals surface area contributed by atoms with Crippen molar-refractivity contribution in [3.05, 3.63) is 0 Å². The van der Waals surface area contributed by atoms with Gasteiger partial charge in [-0.25, -0.2) is 4.39 Å². The Morgan fingerprint density at radius 2 is 1.23 bits per heavy atom. The quantitative estimate of drug-likeness (QED) is 0.538. The molecule has 26 heavy (non-hydrogen) atoms. The van der Waals surface area contributed by atoms with Crippen LogP contribution in [-0.4, -0.2) is 37.4 Å². The molecule has 0 radical (unpaired) electrons. The second-order valence-electron chi connectivity index (χ2n) is 8.85. The van der Waals surface area contributed by atoms with Crippen LogP contribution in [0.1, 0.15) is 90.9 Å². The van der Waals surface area contributed by atoms with Gasteiger partial charge in [0, 0.05) is 13.2 Å². The van der Waals surface area contributed by atoms with E-state index in [1.165, 1.54) is 0 Å². The molecule has 3 aliphatic rings. The summed E-state index contributed by atoms with van der Waals surface area (Å²) < 4.78 is 27.2. The van der Waals surface area contributed by atoms with Crippen molar-refractivity contribution in [2.75, 3.05) is 13.2 Å². The molecule has 2 spiro atoms. The first-order valence-electron chi connectivity index (χ1n) is 11.0. The number of ketones is 1. The topological polar surface area (TPSA) is 35.5 Å². The number of alkyl halides is 1. The van der Waals surface area contributed by atoms with Crippen LogP contribution in [0.3, 0.4) is 0 Å². The fourth-order valence-corrected chi connectivity index (χ4v) is 5.47. The lowest BCUT2D eigenvalue weighted by atomic mass is 9.42. The Kier molecular flexibility index (Phi) is 6.77. The molecule has 0 aromatic carbocycles. The lowest BCUT2D eigenvalue weighted by Crippen LogP contribution is -2.69. The lowest BCUT2D eigenvalue weighted by Gasteiger charge is -2.61. The van der Waals surface area contributed by atoms with Crippen molar-refractivity contribution in [3.63, 3.8) is 0 Å². The number of carbonyl (C=O) groups excluding carboxylic acids is 1. The lowest BCUT2D eigenvalue weighted by molar-refractivity contribution is -0.198. The molecule has 0 heterocycles. The Labute approximate surface area is 158 Å². The molecule has 0 aromatic heterocycles. The SMILES string of the molecule is CCCCOC1CC[C@]2(CC1)C(=O)[C@@]1(CCC(OCCCC)CC1)C2F. The average Bonchev–Trinajstić information content (AvgIpc) is 2.69. The number of Topliss-reactive ketones (excluding diaryl/α,β-unsaturated/α-hetero) is 1. The number of hydrogen-bond donors (Lipinski definition) is 0. The third-order valence-electron chi connectivity index (χ3n) is 7.23. The van der Waals surface area contributed by atoms with Crippen LogP contribution in [-0.2, 0) is 14.3 Å². The summed E-state index contributed by atoms with van der Waals surface area (Å²) in [6, 6.07) is 0. The molecular formula is C22H37FO3. The number of hydrogen-bond acceptors (Lipinski definition) is 3. The Morgan fingerprint density at radius 1 is 0.846 bits per heavy atom. The number of rotatable bonds is 8. The maximum atomic E-state index is 15.4. The van der Waals surface area contributed by atoms with Gasteiger partial charge in [0.25, 0.3) is 0 Å². The van der Waals surface area contributed by atoms with Crippen LogP contribution in [0.25, 0.3) is 0 Å². The van der Waals surface area contributed by atoms with E-state index in [1.54, 1.807) is 0 Å². The largest absolute Gasteiger partial charge is 0.378 e. The summed E-state index contributed by atoms with van der Waals surface area (Å²) >= 11 is 0. The Hall–Kier alpha value is -0.480. The van der Waals surface area contributed by atoms with Crippen LogP contribution >= 0.6 is 0 Å². The monoisotopic (exact) mass is 368 g/mol. The minimum absolute atomic E-state index is 0.228. The zero-order chi connectivity index (χ0) is 18.6. The summed E-state index contributed by atoms with van der Waals surface area (Å²) in [6.45, 7) is 5.90. The summed E-state index contributed by atoms with van der Waals surface area (Å²) in [5.74, 6) is 0.233. The van der Waals surface area contributed by atoms with Crippen molar-refractivity contribution in [3.8, 4) is 0 Å². The number of carbonyl (C=O) groups is 1. The molecule has 3 fully saturated rings. The van der Waals surface area contributed by atoms with Gasteiger partial charge in [0.15, 0.2) is 5.78 Å². The highest BCUT2D eigenvalue weighted by Gasteiger charge is 2.71. The van der Waals surface area contributed by atoms with Gasteiger partial charge in [-0.1, -0.05) is 26.7 Å². The first kappa shape index (κ1) is 20.3. The van der Waals surface area contributed by atoms with Gasteiger partial charge in [-0.3, -0.25) is 4.79 Å². The summed E-state index contributed by atoms with van der Waals surface area (Å²) in [4.78, 5) is 13.1. The van der Waals surface area contributed by atoms with Crippen molar-refractivity contribution >= 4 is 5.78 Å². The standard InChI is InChI=1S/C22H37FO3/c1-3-5-15-25-17-7-11-21(12-8-17)19(23)22(20(21)24)13-9-18(10-14-22)26-16-6-4-2/h17-19H,3-16H2,1-2H3/t17?,18?,19?,21-,22-. The van der Waals surface area contributed by atoms with Crippen LogP contribution < -0.4 is 0 Å². The average molecular weight is 369 g/mol. The van der Waals surface area contributed by atoms with E-state index in [9.17, 15) is 4.79 Å². The molecule has 3 aliphatic carbocycles. The number of ether oxygens (including phenoxy) is 2. The highest BCUT2D eigenvalue weighted by Crippen LogP contribution is 2.64. The van der Waals surface area contributed by atoms with Crippen LogP contribution in [0.4, 0.5) is 4.39 Å². The summed E-state index contributed by atoms with van der Waals surface area (Å²) in [7, 11) is 0. The van der Waals surface area contributed by atoms with Crippen LogP contribution in [0.15, 0.2) is 0 Å². The first-order chi connectivity index (χ1) is 12.6. The maximum absolute atomic E-state index is 15.4. The van der Waals surface area contributed by atoms with Crippen molar-refractivity contribution < 1.29 is 18.7 Å². The van der Waals surface area contributed by atoms with E-state index >= 15 is 4.39 Å². The predicted octanol–water partition coefficient (Wildman–Crippen LogP) is 5.40. The van der Waals surface area contributed by atoms with Crippen LogP contribution in [0.2, 0.25) is 0 Å². The molecule has 0 aromatic rings. The van der Waals surface area contributed by atoms with E-state index < -0.39 is 17.0 Å². The van der Waals surface area contributed by atoms with Gasteiger partial charge in [-0.15, -0.1) is 0 Å². The summed E-state index contributed by atoms with van der Waals surface area (Å²) in [5, 5.41) is 0. The fraction of sp³-hybridized carbons (Fsp3) is 0.955. The Bertz CT molecular complexity index is 422. The minimum atomic E-state index is -0.948. The molecular weight excluding hydrogens is 331 g/mol. The second-order valence-corrected chi connectivity index (χ2v) is 8.85. The number of unbranched alkanes of at least 4 members (excludes halogenated alkanes) is 2. The first-order valence-corrected chi connectivity index (χ1v) is 11.0. The Balaban J connectivity index is 1.48. The molecule has 3 nitrogen and oxygen atoms in total. The van der Waals surface area contributed by atoms with Gasteiger partial charge < -0.3 is 9.47 Å². The Morgan fingerprint density at radius 3 is 1.54 bits per heavy atom. The zero-order valence-corrected chi connectivity index (χ0v) is 16.7. The highest BCUT2D eigenvalue weighted by atomic mass is 19.1. The van der Waals surface area contributed by atoms with Gasteiger partial charge in [0.1, 0.15) is 6.17 Å². The molecule has 0 saturated heterocycles. The third-order valence-corrected chi connectivity index (χ3v) is 7.23. The molecule has 0 N–H and O–H groups in total. The molecule has 3 saturated carbocycles. The molecule has 3 rings (SSSR count).